The number of alkyl halides is 2. The van der Waals surface area contributed by atoms with E-state index in [0.717, 1.165) is 19.3 Å². The summed E-state index contributed by atoms with van der Waals surface area (Å²) in [6.45, 7) is 1.73. The number of rotatable bonds is 6. The average Bonchev–Trinajstić information content (AvgIpc) is 2.24. The summed E-state index contributed by atoms with van der Waals surface area (Å²) in [6.07, 6.45) is 2.06. The first-order chi connectivity index (χ1) is 7.59. The van der Waals surface area contributed by atoms with Gasteiger partial charge in [0.25, 0.3) is 6.43 Å². The predicted molar refractivity (Wildman–Crippen MR) is 57.6 cm³/mol. The lowest BCUT2D eigenvalue weighted by Crippen LogP contribution is -2.23. The zero-order chi connectivity index (χ0) is 12.0. The highest BCUT2D eigenvalue weighted by Gasteiger charge is 2.24. The quantitative estimate of drug-likeness (QED) is 0.660. The van der Waals surface area contributed by atoms with Gasteiger partial charge in [-0.2, -0.15) is 0 Å². The number of ether oxygens (including phenoxy) is 1. The van der Waals surface area contributed by atoms with Crippen LogP contribution in [0.1, 0.15) is 39.0 Å². The molecule has 1 aliphatic carbocycles. The van der Waals surface area contributed by atoms with Gasteiger partial charge in [0.05, 0.1) is 6.61 Å². The number of hydrogen-bond donors (Lipinski definition) is 0. The van der Waals surface area contributed by atoms with Gasteiger partial charge in [-0.15, -0.1) is 0 Å². The number of Topliss-reactive ketones (excluding diaryl/α,β-unsaturated/α-hetero) is 1. The van der Waals surface area contributed by atoms with Crippen molar-refractivity contribution < 1.29 is 18.3 Å². The van der Waals surface area contributed by atoms with Crippen LogP contribution >= 0.6 is 0 Å². The van der Waals surface area contributed by atoms with Gasteiger partial charge in [0, 0.05) is 12.3 Å². The van der Waals surface area contributed by atoms with Crippen molar-refractivity contribution in [3.63, 3.8) is 0 Å². The number of hydrogen-bond acceptors (Lipinski definition) is 2. The van der Waals surface area contributed by atoms with Crippen molar-refractivity contribution in [3.8, 4) is 0 Å². The number of carbonyl (C=O) groups excluding carboxylic acids is 1. The molecule has 0 aromatic rings. The van der Waals surface area contributed by atoms with Crippen LogP contribution in [0, 0.1) is 11.8 Å². The van der Waals surface area contributed by atoms with Crippen LogP contribution in [0.15, 0.2) is 0 Å². The van der Waals surface area contributed by atoms with Crippen molar-refractivity contribution in [1.82, 2.24) is 0 Å². The zero-order valence-corrected chi connectivity index (χ0v) is 9.75. The largest absolute Gasteiger partial charge is 0.375 e. The molecule has 2 nitrogen and oxygen atoms in total. The van der Waals surface area contributed by atoms with Gasteiger partial charge in [0.2, 0.25) is 0 Å². The van der Waals surface area contributed by atoms with Gasteiger partial charge in [-0.25, -0.2) is 8.78 Å². The summed E-state index contributed by atoms with van der Waals surface area (Å²) in [5.74, 6) is 0.935. The van der Waals surface area contributed by atoms with Crippen LogP contribution in [-0.2, 0) is 9.53 Å². The van der Waals surface area contributed by atoms with E-state index in [1.54, 1.807) is 0 Å². The topological polar surface area (TPSA) is 26.3 Å². The van der Waals surface area contributed by atoms with Crippen molar-refractivity contribution in [1.29, 1.82) is 0 Å². The second kappa shape index (κ2) is 6.94. The van der Waals surface area contributed by atoms with Crippen LogP contribution in [0.2, 0.25) is 0 Å². The molecule has 2 atom stereocenters. The van der Waals surface area contributed by atoms with Gasteiger partial charge >= 0.3 is 0 Å². The molecule has 1 rings (SSSR count). The highest BCUT2D eigenvalue weighted by Crippen LogP contribution is 2.29. The maximum absolute atomic E-state index is 11.8. The third-order valence-electron chi connectivity index (χ3n) is 3.13. The molecule has 1 saturated carbocycles. The molecule has 0 bridgehead atoms. The maximum Gasteiger partial charge on any atom is 0.261 e. The van der Waals surface area contributed by atoms with E-state index >= 15 is 0 Å². The molecule has 1 fully saturated rings. The zero-order valence-electron chi connectivity index (χ0n) is 9.75. The fourth-order valence-corrected chi connectivity index (χ4v) is 2.28. The molecule has 1 aliphatic rings. The van der Waals surface area contributed by atoms with Gasteiger partial charge in [-0.3, -0.25) is 4.79 Å². The summed E-state index contributed by atoms with van der Waals surface area (Å²) in [5.41, 5.74) is 0. The first-order valence-corrected chi connectivity index (χ1v) is 5.98. The smallest absolute Gasteiger partial charge is 0.261 e. The maximum atomic E-state index is 11.8. The van der Waals surface area contributed by atoms with E-state index in [4.69, 9.17) is 4.74 Å². The summed E-state index contributed by atoms with van der Waals surface area (Å²) < 4.78 is 28.2. The summed E-state index contributed by atoms with van der Waals surface area (Å²) in [4.78, 5) is 11.7. The Morgan fingerprint density at radius 3 is 2.81 bits per heavy atom. The van der Waals surface area contributed by atoms with Gasteiger partial charge in [0.1, 0.15) is 12.4 Å². The lowest BCUT2D eigenvalue weighted by molar-refractivity contribution is -0.125. The molecule has 0 aliphatic heterocycles. The van der Waals surface area contributed by atoms with E-state index in [0.29, 0.717) is 5.92 Å². The standard InChI is InChI=1S/C12H20F2O2/c1-9-3-2-4-10(7-9)11(15)5-6-16-8-12(13)14/h9-10,12H,2-8H2,1H3. The van der Waals surface area contributed by atoms with E-state index in [9.17, 15) is 13.6 Å². The number of ketones is 1. The normalized spacial score (nSPS) is 26.0. The Morgan fingerprint density at radius 1 is 1.44 bits per heavy atom. The van der Waals surface area contributed by atoms with E-state index in [-0.39, 0.29) is 24.7 Å². The van der Waals surface area contributed by atoms with Crippen LogP contribution in [-0.4, -0.2) is 25.4 Å². The lowest BCUT2D eigenvalue weighted by Gasteiger charge is -2.25. The van der Waals surface area contributed by atoms with Crippen molar-refractivity contribution >= 4 is 5.78 Å². The molecule has 4 heteroatoms. The van der Waals surface area contributed by atoms with Gasteiger partial charge < -0.3 is 4.74 Å². The molecule has 16 heavy (non-hydrogen) atoms. The first kappa shape index (κ1) is 13.6. The molecule has 94 valence electrons. The van der Waals surface area contributed by atoms with Crippen molar-refractivity contribution in [3.05, 3.63) is 0 Å². The molecule has 0 spiro atoms. The van der Waals surface area contributed by atoms with Gasteiger partial charge in [-0.05, 0) is 18.8 Å². The molecule has 0 N–H and O–H groups in total. The van der Waals surface area contributed by atoms with E-state index in [1.807, 2.05) is 0 Å². The minimum atomic E-state index is -2.44. The molecular weight excluding hydrogens is 214 g/mol. The molecule has 0 heterocycles. The summed E-state index contributed by atoms with van der Waals surface area (Å²) in [5, 5.41) is 0. The Hall–Kier alpha value is -0.510. The number of halogens is 2. The Morgan fingerprint density at radius 2 is 2.19 bits per heavy atom. The Kier molecular flexibility index (Phi) is 5.88. The summed E-state index contributed by atoms with van der Waals surface area (Å²) in [6, 6.07) is 0. The van der Waals surface area contributed by atoms with Crippen LogP contribution < -0.4 is 0 Å². The molecular formula is C12H20F2O2. The minimum absolute atomic E-state index is 0.133. The van der Waals surface area contributed by atoms with Crippen molar-refractivity contribution in [2.24, 2.45) is 11.8 Å². The molecule has 2 unspecified atom stereocenters. The van der Waals surface area contributed by atoms with E-state index in [1.165, 1.54) is 6.42 Å². The summed E-state index contributed by atoms with van der Waals surface area (Å²) >= 11 is 0. The highest BCUT2D eigenvalue weighted by molar-refractivity contribution is 5.81. The Labute approximate surface area is 95.4 Å². The second-order valence-corrected chi connectivity index (χ2v) is 4.65. The van der Waals surface area contributed by atoms with Crippen LogP contribution in [0.3, 0.4) is 0 Å². The highest BCUT2D eigenvalue weighted by atomic mass is 19.3. The Balaban J connectivity index is 2.14. The van der Waals surface area contributed by atoms with E-state index in [2.05, 4.69) is 6.92 Å². The molecule has 0 aromatic carbocycles. The third kappa shape index (κ3) is 5.01. The Bertz CT molecular complexity index is 219. The average molecular weight is 234 g/mol. The molecule has 0 radical (unpaired) electrons. The first-order valence-electron chi connectivity index (χ1n) is 5.98. The van der Waals surface area contributed by atoms with Crippen LogP contribution in [0.4, 0.5) is 8.78 Å². The molecule has 0 aromatic heterocycles. The fraction of sp³-hybridized carbons (Fsp3) is 0.917. The van der Waals surface area contributed by atoms with Crippen LogP contribution in [0.25, 0.3) is 0 Å². The van der Waals surface area contributed by atoms with Gasteiger partial charge in [-0.1, -0.05) is 19.8 Å². The van der Waals surface area contributed by atoms with Gasteiger partial charge in [0.15, 0.2) is 0 Å². The SMILES string of the molecule is CC1CCCC(C(=O)CCOCC(F)F)C1. The number of carbonyl (C=O) groups is 1. The molecule has 0 saturated heterocycles. The van der Waals surface area contributed by atoms with E-state index < -0.39 is 13.0 Å². The second-order valence-electron chi connectivity index (χ2n) is 4.65. The minimum Gasteiger partial charge on any atom is -0.375 e. The van der Waals surface area contributed by atoms with Crippen molar-refractivity contribution in [2.45, 2.75) is 45.5 Å². The molecule has 0 amide bonds. The monoisotopic (exact) mass is 234 g/mol. The fourth-order valence-electron chi connectivity index (χ4n) is 2.28. The van der Waals surface area contributed by atoms with Crippen molar-refractivity contribution in [2.75, 3.05) is 13.2 Å². The predicted octanol–water partition coefficient (Wildman–Crippen LogP) is 3.05. The third-order valence-corrected chi connectivity index (χ3v) is 3.13. The lowest BCUT2D eigenvalue weighted by atomic mass is 9.80. The van der Waals surface area contributed by atoms with Crippen LogP contribution in [0.5, 0.6) is 0 Å². The summed E-state index contributed by atoms with van der Waals surface area (Å²) in [7, 11) is 0.